The van der Waals surface area contributed by atoms with E-state index in [1.807, 2.05) is 0 Å². The van der Waals surface area contributed by atoms with Gasteiger partial charge < -0.3 is 4.74 Å². The average Bonchev–Trinajstić information content (AvgIpc) is 2.61. The molecule has 0 aliphatic heterocycles. The van der Waals surface area contributed by atoms with Gasteiger partial charge in [0.25, 0.3) is 0 Å². The van der Waals surface area contributed by atoms with Crippen LogP contribution in [0.25, 0.3) is 10.9 Å². The lowest BCUT2D eigenvalue weighted by molar-refractivity contribution is 0.0596. The summed E-state index contributed by atoms with van der Waals surface area (Å²) < 4.78 is 18.3. The van der Waals surface area contributed by atoms with Crippen LogP contribution in [0.15, 0.2) is 12.1 Å². The third-order valence-corrected chi connectivity index (χ3v) is 2.25. The van der Waals surface area contributed by atoms with Gasteiger partial charge in [-0.3, -0.25) is 5.10 Å². The van der Waals surface area contributed by atoms with Crippen LogP contribution in [0.5, 0.6) is 0 Å². The van der Waals surface area contributed by atoms with Gasteiger partial charge >= 0.3 is 5.97 Å². The van der Waals surface area contributed by atoms with Crippen LogP contribution >= 0.6 is 0 Å². The van der Waals surface area contributed by atoms with E-state index in [4.69, 9.17) is 0 Å². The van der Waals surface area contributed by atoms with Crippen molar-refractivity contribution in [1.29, 1.82) is 0 Å². The van der Waals surface area contributed by atoms with Crippen molar-refractivity contribution in [1.82, 2.24) is 10.2 Å². The van der Waals surface area contributed by atoms with E-state index in [1.165, 1.54) is 13.2 Å². The SMILES string of the molecule is COC(=O)c1ccc2[nH]nc(C)c2c1F. The number of aromatic nitrogens is 2. The van der Waals surface area contributed by atoms with Crippen LogP contribution < -0.4 is 0 Å². The third kappa shape index (κ3) is 1.36. The summed E-state index contributed by atoms with van der Waals surface area (Å²) in [6.07, 6.45) is 0. The first-order valence-electron chi connectivity index (χ1n) is 4.36. The molecule has 4 nitrogen and oxygen atoms in total. The van der Waals surface area contributed by atoms with Crippen molar-refractivity contribution in [2.75, 3.05) is 7.11 Å². The lowest BCUT2D eigenvalue weighted by Gasteiger charge is -2.01. The van der Waals surface area contributed by atoms with E-state index in [0.29, 0.717) is 16.6 Å². The number of hydrogen-bond donors (Lipinski definition) is 1. The fourth-order valence-corrected chi connectivity index (χ4v) is 1.49. The number of nitrogens with zero attached hydrogens (tertiary/aromatic N) is 1. The van der Waals surface area contributed by atoms with Gasteiger partial charge in [0.05, 0.1) is 29.3 Å². The van der Waals surface area contributed by atoms with Gasteiger partial charge in [-0.1, -0.05) is 0 Å². The van der Waals surface area contributed by atoms with E-state index in [1.54, 1.807) is 13.0 Å². The van der Waals surface area contributed by atoms with Crippen molar-refractivity contribution in [3.63, 3.8) is 0 Å². The molecule has 2 aromatic rings. The minimum atomic E-state index is -0.685. The molecule has 0 bridgehead atoms. The Morgan fingerprint density at radius 1 is 1.53 bits per heavy atom. The zero-order chi connectivity index (χ0) is 11.0. The molecule has 0 amide bonds. The second-order valence-corrected chi connectivity index (χ2v) is 3.15. The summed E-state index contributed by atoms with van der Waals surface area (Å²) in [5.74, 6) is -1.28. The van der Waals surface area contributed by atoms with E-state index in [9.17, 15) is 9.18 Å². The van der Waals surface area contributed by atoms with Crippen LogP contribution in [-0.2, 0) is 4.74 Å². The predicted molar refractivity (Wildman–Crippen MR) is 52.1 cm³/mol. The van der Waals surface area contributed by atoms with Crippen molar-refractivity contribution in [2.24, 2.45) is 0 Å². The van der Waals surface area contributed by atoms with Gasteiger partial charge in [0.2, 0.25) is 0 Å². The largest absolute Gasteiger partial charge is 0.465 e. The highest BCUT2D eigenvalue weighted by atomic mass is 19.1. The first kappa shape index (κ1) is 9.64. The van der Waals surface area contributed by atoms with E-state index in [-0.39, 0.29) is 5.56 Å². The number of nitrogens with one attached hydrogen (secondary N) is 1. The minimum absolute atomic E-state index is 0.0745. The number of H-pyrrole nitrogens is 1. The Morgan fingerprint density at radius 3 is 2.93 bits per heavy atom. The van der Waals surface area contributed by atoms with E-state index in [2.05, 4.69) is 14.9 Å². The number of rotatable bonds is 1. The number of carbonyl (C=O) groups is 1. The first-order chi connectivity index (χ1) is 7.15. The Hall–Kier alpha value is -1.91. The second-order valence-electron chi connectivity index (χ2n) is 3.15. The maximum atomic E-state index is 13.8. The molecule has 0 saturated heterocycles. The third-order valence-electron chi connectivity index (χ3n) is 2.25. The lowest BCUT2D eigenvalue weighted by Crippen LogP contribution is -2.04. The van der Waals surface area contributed by atoms with Crippen molar-refractivity contribution >= 4 is 16.9 Å². The Kier molecular flexibility index (Phi) is 2.15. The first-order valence-corrected chi connectivity index (χ1v) is 4.36. The molecule has 0 atom stereocenters. The topological polar surface area (TPSA) is 55.0 Å². The van der Waals surface area contributed by atoms with Gasteiger partial charge in [-0.2, -0.15) is 5.10 Å². The smallest absolute Gasteiger partial charge is 0.340 e. The van der Waals surface area contributed by atoms with E-state index >= 15 is 0 Å². The maximum Gasteiger partial charge on any atom is 0.340 e. The number of fused-ring (bicyclic) bond motifs is 1. The monoisotopic (exact) mass is 208 g/mol. The number of aryl methyl sites for hydroxylation is 1. The molecule has 78 valence electrons. The Balaban J connectivity index is 2.74. The van der Waals surface area contributed by atoms with Crippen LogP contribution in [0.2, 0.25) is 0 Å². The van der Waals surface area contributed by atoms with Crippen molar-refractivity contribution in [3.8, 4) is 0 Å². The summed E-state index contributed by atoms with van der Waals surface area (Å²) in [7, 11) is 1.22. The molecule has 0 unspecified atom stereocenters. The quantitative estimate of drug-likeness (QED) is 0.727. The summed E-state index contributed by atoms with van der Waals surface area (Å²) >= 11 is 0. The number of ether oxygens (including phenoxy) is 1. The highest BCUT2D eigenvalue weighted by Gasteiger charge is 2.17. The van der Waals surface area contributed by atoms with Gasteiger partial charge in [0.1, 0.15) is 5.82 Å². The molecule has 5 heteroatoms. The molecule has 1 aromatic carbocycles. The van der Waals surface area contributed by atoms with Crippen LogP contribution in [0.3, 0.4) is 0 Å². The molecule has 0 spiro atoms. The second kappa shape index (κ2) is 3.34. The normalized spacial score (nSPS) is 10.6. The van der Waals surface area contributed by atoms with Crippen LogP contribution in [0.1, 0.15) is 16.1 Å². The molecule has 1 aromatic heterocycles. The standard InChI is InChI=1S/C10H9FN2O2/c1-5-8-7(13-12-5)4-3-6(9(8)11)10(14)15-2/h3-4H,1-2H3,(H,12,13). The van der Waals surface area contributed by atoms with E-state index < -0.39 is 11.8 Å². The Labute approximate surface area is 85.0 Å². The van der Waals surface area contributed by atoms with Crippen molar-refractivity contribution in [2.45, 2.75) is 6.92 Å². The average molecular weight is 208 g/mol. The van der Waals surface area contributed by atoms with Crippen LogP contribution in [-0.4, -0.2) is 23.3 Å². The number of halogens is 1. The zero-order valence-electron chi connectivity index (χ0n) is 8.30. The maximum absolute atomic E-state index is 13.8. The van der Waals surface area contributed by atoms with Crippen LogP contribution in [0, 0.1) is 12.7 Å². The van der Waals surface area contributed by atoms with Gasteiger partial charge in [-0.15, -0.1) is 0 Å². The summed E-state index contributed by atoms with van der Waals surface area (Å²) in [6, 6.07) is 2.98. The Morgan fingerprint density at radius 2 is 2.27 bits per heavy atom. The van der Waals surface area contributed by atoms with Gasteiger partial charge in [-0.05, 0) is 19.1 Å². The molecule has 0 fully saturated rings. The fourth-order valence-electron chi connectivity index (χ4n) is 1.49. The van der Waals surface area contributed by atoms with Crippen LogP contribution in [0.4, 0.5) is 4.39 Å². The molecule has 0 saturated carbocycles. The summed E-state index contributed by atoms with van der Waals surface area (Å²) in [6.45, 7) is 1.67. The lowest BCUT2D eigenvalue weighted by atomic mass is 10.1. The molecule has 1 N–H and O–H groups in total. The molecular weight excluding hydrogens is 199 g/mol. The number of benzene rings is 1. The predicted octanol–water partition coefficient (Wildman–Crippen LogP) is 1.80. The molecule has 0 aliphatic rings. The van der Waals surface area contributed by atoms with Gasteiger partial charge in [0, 0.05) is 0 Å². The molecule has 0 aliphatic carbocycles. The number of carbonyl (C=O) groups excluding carboxylic acids is 1. The molecule has 15 heavy (non-hydrogen) atoms. The van der Waals surface area contributed by atoms with E-state index in [0.717, 1.165) is 0 Å². The zero-order valence-corrected chi connectivity index (χ0v) is 8.30. The Bertz CT molecular complexity index is 533. The van der Waals surface area contributed by atoms with Gasteiger partial charge in [-0.25, -0.2) is 9.18 Å². The molecule has 0 radical (unpaired) electrons. The summed E-state index contributed by atoms with van der Waals surface area (Å²) in [4.78, 5) is 11.2. The number of aromatic amines is 1. The summed E-state index contributed by atoms with van der Waals surface area (Å²) in [5, 5.41) is 6.87. The summed E-state index contributed by atoms with van der Waals surface area (Å²) in [5.41, 5.74) is 1.01. The minimum Gasteiger partial charge on any atom is -0.465 e. The van der Waals surface area contributed by atoms with Crippen molar-refractivity contribution in [3.05, 3.63) is 29.2 Å². The molecule has 1 heterocycles. The molecular formula is C10H9FN2O2. The van der Waals surface area contributed by atoms with Crippen molar-refractivity contribution < 1.29 is 13.9 Å². The number of esters is 1. The van der Waals surface area contributed by atoms with Gasteiger partial charge in [0.15, 0.2) is 0 Å². The molecule has 2 rings (SSSR count). The fraction of sp³-hybridized carbons (Fsp3) is 0.200. The highest BCUT2D eigenvalue weighted by molar-refractivity contribution is 5.95. The number of hydrogen-bond acceptors (Lipinski definition) is 3. The number of methoxy groups -OCH3 is 1. The highest BCUT2D eigenvalue weighted by Crippen LogP contribution is 2.22.